The zero-order valence-corrected chi connectivity index (χ0v) is 20.2. The Morgan fingerprint density at radius 2 is 1.76 bits per heavy atom. The molecule has 0 aliphatic carbocycles. The Kier molecular flexibility index (Phi) is 6.76. The summed E-state index contributed by atoms with van der Waals surface area (Å²) in [6.07, 6.45) is 2.24. The van der Waals surface area contributed by atoms with Crippen LogP contribution in [0, 0.1) is 27.7 Å². The second-order valence-electron chi connectivity index (χ2n) is 7.76. The summed E-state index contributed by atoms with van der Waals surface area (Å²) in [5.74, 6) is 2.42. The summed E-state index contributed by atoms with van der Waals surface area (Å²) >= 11 is 1.61. The van der Waals surface area contributed by atoms with Crippen molar-refractivity contribution in [2.24, 2.45) is 0 Å². The molecule has 8 heteroatoms. The zero-order valence-electron chi connectivity index (χ0n) is 19.4. The SMILES string of the molecule is COc1cc2c(Oc3cc(C)c(C)nc3-c3nc(C)c(C)s3)ccnc2cc1OCCCO. The van der Waals surface area contributed by atoms with Crippen molar-refractivity contribution < 1.29 is 19.3 Å². The van der Waals surface area contributed by atoms with E-state index < -0.39 is 0 Å². The molecule has 0 atom stereocenters. The molecule has 3 aromatic heterocycles. The molecule has 0 saturated carbocycles. The van der Waals surface area contributed by atoms with E-state index in [1.165, 1.54) is 0 Å². The van der Waals surface area contributed by atoms with Gasteiger partial charge in [0.2, 0.25) is 0 Å². The van der Waals surface area contributed by atoms with Gasteiger partial charge in [0.15, 0.2) is 17.2 Å². The van der Waals surface area contributed by atoms with E-state index in [-0.39, 0.29) is 6.61 Å². The van der Waals surface area contributed by atoms with E-state index in [2.05, 4.69) is 11.9 Å². The monoisotopic (exact) mass is 465 g/mol. The maximum atomic E-state index is 9.03. The van der Waals surface area contributed by atoms with Gasteiger partial charge in [0.25, 0.3) is 0 Å². The third-order valence-corrected chi connectivity index (χ3v) is 6.51. The highest BCUT2D eigenvalue weighted by atomic mass is 32.1. The van der Waals surface area contributed by atoms with Crippen LogP contribution in [0.2, 0.25) is 0 Å². The molecule has 7 nitrogen and oxygen atoms in total. The molecular formula is C25H27N3O4S. The van der Waals surface area contributed by atoms with Crippen molar-refractivity contribution in [3.05, 3.63) is 52.3 Å². The number of aliphatic hydroxyl groups is 1. The third-order valence-electron chi connectivity index (χ3n) is 5.43. The summed E-state index contributed by atoms with van der Waals surface area (Å²) in [7, 11) is 1.59. The fourth-order valence-corrected chi connectivity index (χ4v) is 4.25. The Morgan fingerprint density at radius 3 is 2.45 bits per heavy atom. The first-order valence-electron chi connectivity index (χ1n) is 10.7. The number of methoxy groups -OCH3 is 1. The van der Waals surface area contributed by atoms with Gasteiger partial charge in [0.1, 0.15) is 16.5 Å². The van der Waals surface area contributed by atoms with Gasteiger partial charge in [0, 0.05) is 41.2 Å². The van der Waals surface area contributed by atoms with Crippen molar-refractivity contribution in [3.63, 3.8) is 0 Å². The maximum absolute atomic E-state index is 9.03. The largest absolute Gasteiger partial charge is 0.493 e. The lowest BCUT2D eigenvalue weighted by molar-refractivity contribution is 0.228. The minimum atomic E-state index is 0.0661. The molecular weight excluding hydrogens is 438 g/mol. The lowest BCUT2D eigenvalue weighted by Crippen LogP contribution is -2.02. The smallest absolute Gasteiger partial charge is 0.163 e. The van der Waals surface area contributed by atoms with Gasteiger partial charge >= 0.3 is 0 Å². The van der Waals surface area contributed by atoms with Gasteiger partial charge in [0.05, 0.1) is 24.9 Å². The fourth-order valence-electron chi connectivity index (χ4n) is 3.34. The van der Waals surface area contributed by atoms with Crippen molar-refractivity contribution >= 4 is 22.2 Å². The third kappa shape index (κ3) is 4.77. The predicted molar refractivity (Wildman–Crippen MR) is 130 cm³/mol. The van der Waals surface area contributed by atoms with Crippen LogP contribution in [0.3, 0.4) is 0 Å². The molecule has 0 bridgehead atoms. The number of rotatable bonds is 8. The van der Waals surface area contributed by atoms with Crippen LogP contribution in [0.15, 0.2) is 30.5 Å². The zero-order chi connectivity index (χ0) is 23.5. The van der Waals surface area contributed by atoms with Crippen LogP contribution in [0.5, 0.6) is 23.0 Å². The number of aromatic nitrogens is 3. The first kappa shape index (κ1) is 22.9. The summed E-state index contributed by atoms with van der Waals surface area (Å²) in [5.41, 5.74) is 4.41. The standard InChI is InChI=1S/C25H27N3O4S/c1-14-11-23(24(27-15(14)2)25-28-16(3)17(4)33-25)32-20-7-8-26-19-13-22(31-10-6-9-29)21(30-5)12-18(19)20/h7-8,11-13,29H,6,9-10H2,1-5H3. The van der Waals surface area contributed by atoms with Crippen molar-refractivity contribution in [2.75, 3.05) is 20.3 Å². The molecule has 3 heterocycles. The van der Waals surface area contributed by atoms with Crippen LogP contribution in [0.25, 0.3) is 21.6 Å². The second kappa shape index (κ2) is 9.72. The summed E-state index contributed by atoms with van der Waals surface area (Å²) < 4.78 is 17.7. The van der Waals surface area contributed by atoms with Gasteiger partial charge in [-0.15, -0.1) is 11.3 Å². The molecule has 0 radical (unpaired) electrons. The summed E-state index contributed by atoms with van der Waals surface area (Å²) in [6.45, 7) is 8.51. The van der Waals surface area contributed by atoms with Crippen LogP contribution in [0.4, 0.5) is 0 Å². The number of benzene rings is 1. The summed E-state index contributed by atoms with van der Waals surface area (Å²) in [5, 5.41) is 10.7. The van der Waals surface area contributed by atoms with Gasteiger partial charge in [-0.1, -0.05) is 0 Å². The van der Waals surface area contributed by atoms with Crippen LogP contribution in [0.1, 0.15) is 28.2 Å². The number of aryl methyl sites for hydroxylation is 4. The topological polar surface area (TPSA) is 86.6 Å². The average molecular weight is 466 g/mol. The first-order chi connectivity index (χ1) is 15.9. The molecule has 33 heavy (non-hydrogen) atoms. The molecule has 4 rings (SSSR count). The Hall–Kier alpha value is -3.23. The quantitative estimate of drug-likeness (QED) is 0.341. The molecule has 1 aromatic carbocycles. The van der Waals surface area contributed by atoms with Crippen LogP contribution in [-0.4, -0.2) is 40.4 Å². The van der Waals surface area contributed by atoms with Crippen LogP contribution < -0.4 is 14.2 Å². The highest BCUT2D eigenvalue weighted by molar-refractivity contribution is 7.15. The summed E-state index contributed by atoms with van der Waals surface area (Å²) in [4.78, 5) is 15.1. The number of nitrogens with zero attached hydrogens (tertiary/aromatic N) is 3. The van der Waals surface area contributed by atoms with E-state index in [1.807, 2.05) is 45.0 Å². The molecule has 4 aromatic rings. The van der Waals surface area contributed by atoms with Gasteiger partial charge in [-0.3, -0.25) is 4.98 Å². The van der Waals surface area contributed by atoms with Crippen molar-refractivity contribution in [3.8, 4) is 33.7 Å². The molecule has 0 spiro atoms. The van der Waals surface area contributed by atoms with E-state index in [9.17, 15) is 0 Å². The van der Waals surface area contributed by atoms with Crippen LogP contribution in [-0.2, 0) is 0 Å². The molecule has 0 amide bonds. The summed E-state index contributed by atoms with van der Waals surface area (Å²) in [6, 6.07) is 7.51. The highest BCUT2D eigenvalue weighted by Gasteiger charge is 2.18. The number of ether oxygens (including phenoxy) is 3. The Balaban J connectivity index is 1.78. The number of hydrogen-bond acceptors (Lipinski definition) is 8. The molecule has 172 valence electrons. The van der Waals surface area contributed by atoms with Crippen molar-refractivity contribution in [2.45, 2.75) is 34.1 Å². The first-order valence-corrected chi connectivity index (χ1v) is 11.5. The predicted octanol–water partition coefficient (Wildman–Crippen LogP) is 5.55. The molecule has 0 aliphatic rings. The van der Waals surface area contributed by atoms with Gasteiger partial charge in [-0.05, 0) is 51.5 Å². The number of thiazole rings is 1. The minimum absolute atomic E-state index is 0.0661. The number of hydrogen-bond donors (Lipinski definition) is 1. The van der Waals surface area contributed by atoms with E-state index in [0.717, 1.165) is 37.9 Å². The number of aliphatic hydroxyl groups excluding tert-OH is 1. The molecule has 0 unspecified atom stereocenters. The molecule has 0 fully saturated rings. The van der Waals surface area contributed by atoms with Crippen molar-refractivity contribution in [1.29, 1.82) is 0 Å². The highest BCUT2D eigenvalue weighted by Crippen LogP contribution is 2.40. The molecule has 1 N–H and O–H groups in total. The number of pyridine rings is 2. The Labute approximate surface area is 197 Å². The Morgan fingerprint density at radius 1 is 0.939 bits per heavy atom. The Bertz CT molecular complexity index is 1280. The van der Waals surface area contributed by atoms with E-state index >= 15 is 0 Å². The lowest BCUT2D eigenvalue weighted by atomic mass is 10.1. The minimum Gasteiger partial charge on any atom is -0.493 e. The van der Waals surface area contributed by atoms with E-state index in [4.69, 9.17) is 29.3 Å². The van der Waals surface area contributed by atoms with Gasteiger partial charge < -0.3 is 19.3 Å². The normalized spacial score (nSPS) is 11.1. The molecule has 0 saturated heterocycles. The van der Waals surface area contributed by atoms with E-state index in [1.54, 1.807) is 24.6 Å². The average Bonchev–Trinajstić information content (AvgIpc) is 3.14. The number of fused-ring (bicyclic) bond motifs is 1. The fraction of sp³-hybridized carbons (Fsp3) is 0.320. The van der Waals surface area contributed by atoms with Crippen LogP contribution >= 0.6 is 11.3 Å². The van der Waals surface area contributed by atoms with E-state index in [0.29, 0.717) is 41.5 Å². The molecule has 0 aliphatic heterocycles. The van der Waals surface area contributed by atoms with Crippen molar-refractivity contribution in [1.82, 2.24) is 15.0 Å². The second-order valence-corrected chi connectivity index (χ2v) is 8.96. The van der Waals surface area contributed by atoms with Gasteiger partial charge in [-0.2, -0.15) is 0 Å². The maximum Gasteiger partial charge on any atom is 0.163 e. The lowest BCUT2D eigenvalue weighted by Gasteiger charge is -2.15. The van der Waals surface area contributed by atoms with Gasteiger partial charge in [-0.25, -0.2) is 9.97 Å².